The number of benzene rings is 2. The Balaban J connectivity index is 2.84. The zero-order valence-corrected chi connectivity index (χ0v) is 8.31. The molecule has 0 bridgehead atoms. The van der Waals surface area contributed by atoms with Gasteiger partial charge in [-0.25, -0.2) is 0 Å². The van der Waals surface area contributed by atoms with Crippen LogP contribution in [0.4, 0.5) is 0 Å². The van der Waals surface area contributed by atoms with E-state index in [4.69, 9.17) is 0 Å². The maximum absolute atomic E-state index is 9.63. The minimum absolute atomic E-state index is 0.0445. The molecule has 3 N–H and O–H groups in total. The summed E-state index contributed by atoms with van der Waals surface area (Å²) >= 11 is 0. The van der Waals surface area contributed by atoms with Gasteiger partial charge in [0.05, 0.1) is 6.10 Å². The van der Waals surface area contributed by atoms with Crippen LogP contribution >= 0.6 is 0 Å². The lowest BCUT2D eigenvalue weighted by atomic mass is 10.00. The minimum atomic E-state index is -0.768. The molecule has 3 heteroatoms. The molecule has 2 aromatic carbocycles. The first-order chi connectivity index (χ1) is 7.09. The van der Waals surface area contributed by atoms with Crippen molar-refractivity contribution in [2.45, 2.75) is 13.0 Å². The molecule has 0 fully saturated rings. The van der Waals surface area contributed by atoms with E-state index in [1.54, 1.807) is 31.2 Å². The van der Waals surface area contributed by atoms with Crippen LogP contribution in [0.1, 0.15) is 18.6 Å². The van der Waals surface area contributed by atoms with Crippen molar-refractivity contribution in [3.63, 3.8) is 0 Å². The molecule has 0 aliphatic heterocycles. The molecular formula is C12H12O3. The van der Waals surface area contributed by atoms with Crippen molar-refractivity contribution in [3.05, 3.63) is 35.9 Å². The fourth-order valence-electron chi connectivity index (χ4n) is 1.76. The fourth-order valence-corrected chi connectivity index (χ4v) is 1.76. The van der Waals surface area contributed by atoms with Crippen molar-refractivity contribution >= 4 is 10.8 Å². The summed E-state index contributed by atoms with van der Waals surface area (Å²) < 4.78 is 0. The second-order valence-electron chi connectivity index (χ2n) is 3.58. The van der Waals surface area contributed by atoms with Gasteiger partial charge in [0, 0.05) is 5.56 Å². The topological polar surface area (TPSA) is 60.7 Å². The molecule has 0 heterocycles. The Morgan fingerprint density at radius 3 is 2.40 bits per heavy atom. The van der Waals surface area contributed by atoms with Gasteiger partial charge in [-0.3, -0.25) is 0 Å². The third kappa shape index (κ3) is 1.62. The molecule has 0 spiro atoms. The Hall–Kier alpha value is -1.74. The van der Waals surface area contributed by atoms with E-state index in [0.717, 1.165) is 5.39 Å². The van der Waals surface area contributed by atoms with Crippen molar-refractivity contribution in [1.82, 2.24) is 0 Å². The van der Waals surface area contributed by atoms with Gasteiger partial charge in [-0.2, -0.15) is 0 Å². The third-order valence-electron chi connectivity index (χ3n) is 2.44. The summed E-state index contributed by atoms with van der Waals surface area (Å²) in [6.07, 6.45) is -0.768. The number of hydrogen-bond donors (Lipinski definition) is 3. The first-order valence-electron chi connectivity index (χ1n) is 4.72. The van der Waals surface area contributed by atoms with Crippen molar-refractivity contribution in [3.8, 4) is 11.5 Å². The highest BCUT2D eigenvalue weighted by atomic mass is 16.3. The van der Waals surface area contributed by atoms with Gasteiger partial charge < -0.3 is 15.3 Å². The van der Waals surface area contributed by atoms with E-state index >= 15 is 0 Å². The molecule has 78 valence electrons. The molecule has 0 saturated heterocycles. The number of phenolic OH excluding ortho intramolecular Hbond substituents is 2. The summed E-state index contributed by atoms with van der Waals surface area (Å²) in [7, 11) is 0. The number of hydrogen-bond acceptors (Lipinski definition) is 3. The normalized spacial score (nSPS) is 12.9. The van der Waals surface area contributed by atoms with E-state index in [2.05, 4.69) is 0 Å². The summed E-state index contributed by atoms with van der Waals surface area (Å²) in [6, 6.07) is 8.15. The lowest BCUT2D eigenvalue weighted by molar-refractivity contribution is 0.196. The van der Waals surface area contributed by atoms with Crippen LogP contribution in [0.3, 0.4) is 0 Å². The molecule has 1 unspecified atom stereocenters. The Morgan fingerprint density at radius 1 is 1.07 bits per heavy atom. The van der Waals surface area contributed by atoms with Gasteiger partial charge in [-0.15, -0.1) is 0 Å². The Kier molecular flexibility index (Phi) is 2.25. The maximum Gasteiger partial charge on any atom is 0.122 e. The lowest BCUT2D eigenvalue weighted by Crippen LogP contribution is -1.93. The van der Waals surface area contributed by atoms with Crippen LogP contribution < -0.4 is 0 Å². The van der Waals surface area contributed by atoms with Crippen molar-refractivity contribution in [1.29, 1.82) is 0 Å². The number of phenols is 2. The Morgan fingerprint density at radius 2 is 1.73 bits per heavy atom. The van der Waals surface area contributed by atoms with Crippen LogP contribution in [-0.2, 0) is 0 Å². The second-order valence-corrected chi connectivity index (χ2v) is 3.58. The third-order valence-corrected chi connectivity index (χ3v) is 2.44. The summed E-state index contributed by atoms with van der Waals surface area (Å²) in [5.74, 6) is 0.165. The van der Waals surface area contributed by atoms with Crippen LogP contribution in [0, 0.1) is 0 Å². The van der Waals surface area contributed by atoms with Crippen LogP contribution in [0.2, 0.25) is 0 Å². The minimum Gasteiger partial charge on any atom is -0.508 e. The predicted molar refractivity (Wildman–Crippen MR) is 57.9 cm³/mol. The zero-order chi connectivity index (χ0) is 11.0. The lowest BCUT2D eigenvalue weighted by Gasteiger charge is -2.11. The predicted octanol–water partition coefficient (Wildman–Crippen LogP) is 2.30. The SMILES string of the molecule is CC(O)c1c(O)ccc2ccc(O)cc12. The molecule has 0 radical (unpaired) electrons. The average Bonchev–Trinajstić information content (AvgIpc) is 2.16. The average molecular weight is 204 g/mol. The second kappa shape index (κ2) is 3.44. The van der Waals surface area contributed by atoms with E-state index in [1.807, 2.05) is 0 Å². The molecule has 15 heavy (non-hydrogen) atoms. The van der Waals surface area contributed by atoms with E-state index in [0.29, 0.717) is 10.9 Å². The van der Waals surface area contributed by atoms with Crippen LogP contribution in [0.25, 0.3) is 10.8 Å². The number of aliphatic hydroxyl groups is 1. The van der Waals surface area contributed by atoms with Crippen molar-refractivity contribution in [2.24, 2.45) is 0 Å². The zero-order valence-electron chi connectivity index (χ0n) is 8.31. The van der Waals surface area contributed by atoms with Gasteiger partial charge in [-0.1, -0.05) is 12.1 Å². The van der Waals surface area contributed by atoms with E-state index in [1.165, 1.54) is 6.07 Å². The Bertz CT molecular complexity index is 498. The molecule has 0 amide bonds. The molecule has 3 nitrogen and oxygen atoms in total. The Labute approximate surface area is 87.2 Å². The van der Waals surface area contributed by atoms with Crippen molar-refractivity contribution in [2.75, 3.05) is 0 Å². The first kappa shape index (κ1) is 9.80. The van der Waals surface area contributed by atoms with Crippen LogP contribution in [0.15, 0.2) is 30.3 Å². The van der Waals surface area contributed by atoms with Gasteiger partial charge in [-0.05, 0) is 35.9 Å². The summed E-state index contributed by atoms with van der Waals surface area (Å²) in [4.78, 5) is 0. The molecule has 0 aliphatic rings. The molecular weight excluding hydrogens is 192 g/mol. The summed E-state index contributed by atoms with van der Waals surface area (Å²) in [5.41, 5.74) is 0.448. The summed E-state index contributed by atoms with van der Waals surface area (Å²) in [6.45, 7) is 1.58. The largest absolute Gasteiger partial charge is 0.508 e. The standard InChI is InChI=1S/C12H12O3/c1-7(13)12-10-6-9(14)4-2-8(10)3-5-11(12)15/h2-7,13-15H,1H3. The quantitative estimate of drug-likeness (QED) is 0.668. The number of aliphatic hydroxyl groups excluding tert-OH is 1. The molecule has 0 aromatic heterocycles. The van der Waals surface area contributed by atoms with E-state index in [-0.39, 0.29) is 11.5 Å². The molecule has 2 aromatic rings. The van der Waals surface area contributed by atoms with Gasteiger partial charge in [0.2, 0.25) is 0 Å². The first-order valence-corrected chi connectivity index (χ1v) is 4.72. The number of aromatic hydroxyl groups is 2. The maximum atomic E-state index is 9.63. The molecule has 0 aliphatic carbocycles. The number of fused-ring (bicyclic) bond motifs is 1. The van der Waals surface area contributed by atoms with Gasteiger partial charge in [0.1, 0.15) is 11.5 Å². The molecule has 1 atom stereocenters. The van der Waals surface area contributed by atoms with Crippen LogP contribution in [-0.4, -0.2) is 15.3 Å². The number of rotatable bonds is 1. The van der Waals surface area contributed by atoms with Gasteiger partial charge in [0.15, 0.2) is 0 Å². The summed E-state index contributed by atoms with van der Waals surface area (Å²) in [5, 5.41) is 30.1. The monoisotopic (exact) mass is 204 g/mol. The van der Waals surface area contributed by atoms with Gasteiger partial charge >= 0.3 is 0 Å². The molecule has 2 rings (SSSR count). The smallest absolute Gasteiger partial charge is 0.122 e. The van der Waals surface area contributed by atoms with E-state index < -0.39 is 6.10 Å². The molecule has 0 saturated carbocycles. The fraction of sp³-hybridized carbons (Fsp3) is 0.167. The van der Waals surface area contributed by atoms with Crippen molar-refractivity contribution < 1.29 is 15.3 Å². The highest BCUT2D eigenvalue weighted by molar-refractivity contribution is 5.89. The van der Waals surface area contributed by atoms with Gasteiger partial charge in [0.25, 0.3) is 0 Å². The van der Waals surface area contributed by atoms with Crippen LogP contribution in [0.5, 0.6) is 11.5 Å². The highest BCUT2D eigenvalue weighted by Crippen LogP contribution is 2.33. The highest BCUT2D eigenvalue weighted by Gasteiger charge is 2.12. The van der Waals surface area contributed by atoms with E-state index in [9.17, 15) is 15.3 Å².